The maximum Gasteiger partial charge on any atom is 0.327 e. The Balaban J connectivity index is 1.17. The van der Waals surface area contributed by atoms with Crippen molar-refractivity contribution in [2.75, 3.05) is 93.1 Å². The van der Waals surface area contributed by atoms with Crippen LogP contribution in [0, 0.1) is 11.6 Å². The topological polar surface area (TPSA) is 163 Å². The van der Waals surface area contributed by atoms with Crippen molar-refractivity contribution in [3.63, 3.8) is 0 Å². The standard InChI is InChI=1S/C42H48F2N8O8/c1-53-41(54-2)27-31-36(28-42(41,57-19-7-13-51-15-21-55-22-16-51)58-20-8-14-52-17-23-56-24-18-52)45-40(60-38-26-35(48-50-38)30-10-4-6-12-33(30)44)46-39(31)59-37-25-34(47-49-37)29-9-3-5-11-32(29)43/h3-6,9-12,25-28H,7-8,13-24H2,1-2H3,(H,47,49)(H,48,50). The highest BCUT2D eigenvalue weighted by molar-refractivity contribution is 5.62. The van der Waals surface area contributed by atoms with Gasteiger partial charge in [0.05, 0.1) is 61.6 Å². The van der Waals surface area contributed by atoms with Crippen LogP contribution < -0.4 is 20.0 Å². The highest BCUT2D eigenvalue weighted by Crippen LogP contribution is 2.38. The molecule has 18 heteroatoms. The van der Waals surface area contributed by atoms with Crippen molar-refractivity contribution >= 4 is 12.2 Å². The number of hydrogen-bond donors (Lipinski definition) is 2. The number of H-pyrrole nitrogens is 2. The minimum absolute atomic E-state index is 0.00518. The summed E-state index contributed by atoms with van der Waals surface area (Å²) in [5.41, 5.74) is 1.37. The molecule has 3 aromatic heterocycles. The van der Waals surface area contributed by atoms with Crippen LogP contribution in [0.5, 0.6) is 23.7 Å². The third kappa shape index (κ3) is 9.25. The maximum atomic E-state index is 14.7. The number of benzene rings is 2. The molecule has 5 heterocycles. The Morgan fingerprint density at radius 1 is 0.667 bits per heavy atom. The summed E-state index contributed by atoms with van der Waals surface area (Å²) in [6.07, 6.45) is 4.71. The van der Waals surface area contributed by atoms with E-state index in [2.05, 4.69) is 35.2 Å². The summed E-state index contributed by atoms with van der Waals surface area (Å²) in [5, 5.41) is 14.8. The van der Waals surface area contributed by atoms with E-state index in [1.165, 1.54) is 32.4 Å². The van der Waals surface area contributed by atoms with Crippen LogP contribution >= 0.6 is 0 Å². The number of fused-ring (bicyclic) bond motifs is 1. The lowest BCUT2D eigenvalue weighted by Gasteiger charge is -2.45. The summed E-state index contributed by atoms with van der Waals surface area (Å²) >= 11 is 0. The van der Waals surface area contributed by atoms with Crippen molar-refractivity contribution in [3.8, 4) is 46.2 Å². The molecule has 3 aliphatic rings. The van der Waals surface area contributed by atoms with Gasteiger partial charge in [-0.05, 0) is 43.2 Å². The van der Waals surface area contributed by atoms with Crippen molar-refractivity contribution in [1.29, 1.82) is 0 Å². The van der Waals surface area contributed by atoms with Crippen molar-refractivity contribution in [1.82, 2.24) is 40.2 Å². The van der Waals surface area contributed by atoms with Gasteiger partial charge in [0.15, 0.2) is 0 Å². The van der Waals surface area contributed by atoms with Gasteiger partial charge in [0, 0.05) is 82.8 Å². The molecule has 60 heavy (non-hydrogen) atoms. The number of nitrogens with one attached hydrogen (secondary N) is 2. The normalized spacial score (nSPS) is 17.7. The van der Waals surface area contributed by atoms with Gasteiger partial charge in [0.1, 0.15) is 11.6 Å². The van der Waals surface area contributed by atoms with Crippen LogP contribution in [-0.2, 0) is 28.4 Å². The first-order chi connectivity index (χ1) is 29.4. The van der Waals surface area contributed by atoms with Gasteiger partial charge in [-0.1, -0.05) is 24.3 Å². The van der Waals surface area contributed by atoms with Gasteiger partial charge in [-0.2, -0.15) is 9.97 Å². The maximum absolute atomic E-state index is 14.7. The van der Waals surface area contributed by atoms with E-state index in [-0.39, 0.29) is 36.9 Å². The van der Waals surface area contributed by atoms with Gasteiger partial charge < -0.3 is 37.9 Å². The molecule has 1 aliphatic carbocycles. The number of halogens is 2. The number of nitrogens with zero attached hydrogens (tertiary/aromatic N) is 6. The highest BCUT2D eigenvalue weighted by atomic mass is 19.1. The first-order valence-electron chi connectivity index (χ1n) is 20.0. The molecule has 0 saturated carbocycles. The van der Waals surface area contributed by atoms with Crippen LogP contribution in [0.3, 0.4) is 0 Å². The first-order valence-corrected chi connectivity index (χ1v) is 20.0. The second-order valence-corrected chi connectivity index (χ2v) is 14.4. The molecule has 0 atom stereocenters. The van der Waals surface area contributed by atoms with Crippen LogP contribution in [-0.4, -0.2) is 145 Å². The summed E-state index contributed by atoms with van der Waals surface area (Å²) < 4.78 is 78.8. The molecule has 5 aromatic rings. The molecule has 2 fully saturated rings. The molecule has 0 amide bonds. The van der Waals surface area contributed by atoms with Crippen LogP contribution in [0.4, 0.5) is 8.78 Å². The predicted octanol–water partition coefficient (Wildman–Crippen LogP) is 3.86. The Morgan fingerprint density at radius 3 is 1.70 bits per heavy atom. The zero-order valence-electron chi connectivity index (χ0n) is 33.5. The van der Waals surface area contributed by atoms with Gasteiger partial charge >= 0.3 is 6.01 Å². The second kappa shape index (κ2) is 19.0. The van der Waals surface area contributed by atoms with E-state index < -0.39 is 23.2 Å². The Kier molecular flexibility index (Phi) is 13.2. The lowest BCUT2D eigenvalue weighted by atomic mass is 9.97. The number of rotatable bonds is 18. The Bertz CT molecular complexity index is 2300. The van der Waals surface area contributed by atoms with Gasteiger partial charge in [0.2, 0.25) is 23.4 Å². The number of ether oxygens (including phenoxy) is 8. The number of hydrogen-bond acceptors (Lipinski definition) is 14. The summed E-state index contributed by atoms with van der Waals surface area (Å²) in [6, 6.07) is 15.5. The fourth-order valence-corrected chi connectivity index (χ4v) is 7.41. The quantitative estimate of drug-likeness (QED) is 0.0967. The fraction of sp³-hybridized carbons (Fsp3) is 0.429. The molecule has 16 nitrogen and oxygen atoms in total. The van der Waals surface area contributed by atoms with E-state index in [0.717, 1.165) is 39.3 Å². The summed E-state index contributed by atoms with van der Waals surface area (Å²) in [7, 11) is 3.00. The van der Waals surface area contributed by atoms with E-state index >= 15 is 0 Å². The Labute approximate surface area is 345 Å². The highest BCUT2D eigenvalue weighted by Gasteiger charge is 2.55. The molecule has 0 spiro atoms. The molecule has 0 radical (unpaired) electrons. The summed E-state index contributed by atoms with van der Waals surface area (Å²) in [4.78, 5) is 14.1. The predicted molar refractivity (Wildman–Crippen MR) is 213 cm³/mol. The monoisotopic (exact) mass is 830 g/mol. The van der Waals surface area contributed by atoms with Crippen LogP contribution in [0.15, 0.2) is 60.7 Å². The number of aromatic nitrogens is 6. The average Bonchev–Trinajstić information content (AvgIpc) is 3.95. The summed E-state index contributed by atoms with van der Waals surface area (Å²) in [5.74, 6) is -4.05. The molecule has 318 valence electrons. The Hall–Kier alpha value is -5.18. The second-order valence-electron chi connectivity index (χ2n) is 14.4. The van der Waals surface area contributed by atoms with Crippen molar-refractivity contribution in [3.05, 3.63) is 82.9 Å². The Morgan fingerprint density at radius 2 is 1.18 bits per heavy atom. The number of morpholine rings is 2. The van der Waals surface area contributed by atoms with Crippen molar-refractivity contribution in [2.24, 2.45) is 0 Å². The lowest BCUT2D eigenvalue weighted by molar-refractivity contribution is -0.343. The SMILES string of the molecule is COC1(OC)C=c2c(Oc3cc(-c4ccccc4F)[nH]n3)nc(Oc3cc(-c4ccccc4F)[nH]n3)nc2=CC1(OCCCN1CCOCC1)OCCCN1CCOCC1. The molecular weight excluding hydrogens is 783 g/mol. The molecule has 2 saturated heterocycles. The van der Waals surface area contributed by atoms with Gasteiger partial charge in [-0.15, -0.1) is 10.2 Å². The van der Waals surface area contributed by atoms with Crippen LogP contribution in [0.2, 0.25) is 0 Å². The zero-order valence-corrected chi connectivity index (χ0v) is 33.5. The molecule has 2 N–H and O–H groups in total. The molecule has 8 rings (SSSR count). The molecule has 2 aliphatic heterocycles. The average molecular weight is 831 g/mol. The van der Waals surface area contributed by atoms with E-state index in [4.69, 9.17) is 42.9 Å². The minimum Gasteiger partial charge on any atom is -0.418 e. The van der Waals surface area contributed by atoms with Gasteiger partial charge in [0.25, 0.3) is 5.79 Å². The first kappa shape index (κ1) is 41.5. The number of aromatic amines is 2. The van der Waals surface area contributed by atoms with E-state index in [0.29, 0.717) is 72.4 Å². The van der Waals surface area contributed by atoms with Gasteiger partial charge in [-0.25, -0.2) is 8.78 Å². The largest absolute Gasteiger partial charge is 0.418 e. The number of methoxy groups -OCH3 is 2. The van der Waals surface area contributed by atoms with Crippen molar-refractivity contribution < 1.29 is 46.7 Å². The zero-order chi connectivity index (χ0) is 41.4. The van der Waals surface area contributed by atoms with E-state index in [9.17, 15) is 8.78 Å². The van der Waals surface area contributed by atoms with Crippen LogP contribution in [0.25, 0.3) is 34.7 Å². The van der Waals surface area contributed by atoms with Crippen LogP contribution in [0.1, 0.15) is 12.8 Å². The fourth-order valence-electron chi connectivity index (χ4n) is 7.41. The third-order valence-electron chi connectivity index (χ3n) is 10.6. The molecule has 0 unspecified atom stereocenters. The van der Waals surface area contributed by atoms with E-state index in [1.54, 1.807) is 54.6 Å². The third-order valence-corrected chi connectivity index (χ3v) is 10.6. The lowest BCUT2D eigenvalue weighted by Crippen LogP contribution is -2.63. The minimum atomic E-state index is -1.66. The van der Waals surface area contributed by atoms with E-state index in [1.807, 2.05) is 0 Å². The van der Waals surface area contributed by atoms with Gasteiger partial charge in [-0.3, -0.25) is 20.0 Å². The smallest absolute Gasteiger partial charge is 0.327 e. The van der Waals surface area contributed by atoms with Crippen molar-refractivity contribution in [2.45, 2.75) is 24.4 Å². The summed E-state index contributed by atoms with van der Waals surface area (Å²) in [6.45, 7) is 8.26. The molecule has 2 aromatic carbocycles. The molecule has 0 bridgehead atoms. The molecular formula is C42H48F2N8O8.